The van der Waals surface area contributed by atoms with Gasteiger partial charge in [-0.3, -0.25) is 0 Å². The number of ether oxygens (including phenoxy) is 1. The van der Waals surface area contributed by atoms with Crippen molar-refractivity contribution in [1.29, 1.82) is 0 Å². The summed E-state index contributed by atoms with van der Waals surface area (Å²) in [4.78, 5) is 0. The van der Waals surface area contributed by atoms with Crippen molar-refractivity contribution >= 4 is 19.7 Å². The van der Waals surface area contributed by atoms with Crippen LogP contribution in [0.2, 0.25) is 0 Å². The molecule has 0 spiro atoms. The van der Waals surface area contributed by atoms with E-state index in [2.05, 4.69) is 13.8 Å². The zero-order chi connectivity index (χ0) is 11.7. The molecule has 0 aromatic heterocycles. The summed E-state index contributed by atoms with van der Waals surface area (Å²) in [5.41, 5.74) is 0. The van der Waals surface area contributed by atoms with E-state index < -0.39 is 9.05 Å². The molecule has 0 aromatic rings. The molecule has 0 atom stereocenters. The van der Waals surface area contributed by atoms with E-state index in [1.165, 1.54) is 0 Å². The number of halogens is 1. The van der Waals surface area contributed by atoms with Crippen LogP contribution in [0.5, 0.6) is 0 Å². The molecule has 0 bridgehead atoms. The quantitative estimate of drug-likeness (QED) is 0.471. The van der Waals surface area contributed by atoms with Gasteiger partial charge in [-0.1, -0.05) is 26.7 Å². The Hall–Kier alpha value is 0.200. The second-order valence-electron chi connectivity index (χ2n) is 4.13. The number of rotatable bonds is 9. The molecule has 0 aliphatic carbocycles. The van der Waals surface area contributed by atoms with Gasteiger partial charge in [0.05, 0.1) is 5.75 Å². The Morgan fingerprint density at radius 1 is 1.13 bits per heavy atom. The molecular formula is C10H21ClO3S. The van der Waals surface area contributed by atoms with E-state index in [9.17, 15) is 8.42 Å². The third kappa shape index (κ3) is 14.2. The van der Waals surface area contributed by atoms with Crippen molar-refractivity contribution in [1.82, 2.24) is 0 Å². The highest BCUT2D eigenvalue weighted by atomic mass is 35.7. The monoisotopic (exact) mass is 256 g/mol. The Morgan fingerprint density at radius 3 is 2.27 bits per heavy atom. The standard InChI is InChI=1S/C10H21ClO3S/c1-10(2)9-14-7-5-3-4-6-8-15(11,12)13/h10H,3-9H2,1-2H3. The first-order valence-electron chi connectivity index (χ1n) is 5.42. The topological polar surface area (TPSA) is 43.4 Å². The zero-order valence-electron chi connectivity index (χ0n) is 9.54. The first-order valence-corrected chi connectivity index (χ1v) is 7.90. The van der Waals surface area contributed by atoms with Crippen LogP contribution in [0.1, 0.15) is 39.5 Å². The van der Waals surface area contributed by atoms with Crippen LogP contribution < -0.4 is 0 Å². The fraction of sp³-hybridized carbons (Fsp3) is 1.00. The third-order valence-electron chi connectivity index (χ3n) is 1.88. The molecular weight excluding hydrogens is 236 g/mol. The second-order valence-corrected chi connectivity index (χ2v) is 7.02. The summed E-state index contributed by atoms with van der Waals surface area (Å²) in [5.74, 6) is 0.660. The molecule has 0 N–H and O–H groups in total. The number of unbranched alkanes of at least 4 members (excludes halogenated alkanes) is 3. The van der Waals surface area contributed by atoms with E-state index >= 15 is 0 Å². The van der Waals surface area contributed by atoms with Gasteiger partial charge in [0.1, 0.15) is 0 Å². The molecule has 15 heavy (non-hydrogen) atoms. The van der Waals surface area contributed by atoms with Crippen molar-refractivity contribution in [2.75, 3.05) is 19.0 Å². The first kappa shape index (κ1) is 15.2. The minimum atomic E-state index is -3.29. The lowest BCUT2D eigenvalue weighted by Crippen LogP contribution is -2.03. The maximum Gasteiger partial charge on any atom is 0.232 e. The van der Waals surface area contributed by atoms with Crippen molar-refractivity contribution in [3.63, 3.8) is 0 Å². The lowest BCUT2D eigenvalue weighted by molar-refractivity contribution is 0.106. The molecule has 0 aliphatic rings. The van der Waals surface area contributed by atoms with Gasteiger partial charge >= 0.3 is 0 Å². The zero-order valence-corrected chi connectivity index (χ0v) is 11.1. The van der Waals surface area contributed by atoms with Crippen molar-refractivity contribution in [3.05, 3.63) is 0 Å². The SMILES string of the molecule is CC(C)COCCCCCCS(=O)(=O)Cl. The highest BCUT2D eigenvalue weighted by molar-refractivity contribution is 8.13. The first-order chi connectivity index (χ1) is 6.92. The van der Waals surface area contributed by atoms with Gasteiger partial charge in [0, 0.05) is 23.9 Å². The van der Waals surface area contributed by atoms with Gasteiger partial charge in [-0.2, -0.15) is 0 Å². The second kappa shape index (κ2) is 8.36. The van der Waals surface area contributed by atoms with Crippen LogP contribution in [0, 0.1) is 5.92 Å². The Balaban J connectivity index is 3.12. The summed E-state index contributed by atoms with van der Waals surface area (Å²) in [7, 11) is 1.79. The molecule has 0 saturated carbocycles. The number of hydrogen-bond acceptors (Lipinski definition) is 3. The summed E-state index contributed by atoms with van der Waals surface area (Å²) in [5, 5.41) is 0. The molecule has 5 heteroatoms. The summed E-state index contributed by atoms with van der Waals surface area (Å²) in [6.45, 7) is 5.80. The fourth-order valence-corrected chi connectivity index (χ4v) is 2.03. The van der Waals surface area contributed by atoms with Crippen LogP contribution in [0.3, 0.4) is 0 Å². The van der Waals surface area contributed by atoms with Gasteiger partial charge in [-0.25, -0.2) is 8.42 Å². The molecule has 3 nitrogen and oxygen atoms in total. The molecule has 0 unspecified atom stereocenters. The molecule has 0 aromatic carbocycles. The molecule has 0 saturated heterocycles. The molecule has 0 rings (SSSR count). The molecule has 0 amide bonds. The van der Waals surface area contributed by atoms with Crippen LogP contribution in [-0.4, -0.2) is 27.4 Å². The average molecular weight is 257 g/mol. The van der Waals surface area contributed by atoms with Gasteiger partial charge in [0.25, 0.3) is 0 Å². The van der Waals surface area contributed by atoms with Crippen LogP contribution >= 0.6 is 10.7 Å². The predicted molar refractivity (Wildman–Crippen MR) is 63.8 cm³/mol. The maximum atomic E-state index is 10.6. The molecule has 0 heterocycles. The highest BCUT2D eigenvalue weighted by Gasteiger charge is 2.03. The maximum absolute atomic E-state index is 10.6. The van der Waals surface area contributed by atoms with Crippen LogP contribution in [-0.2, 0) is 13.8 Å². The van der Waals surface area contributed by atoms with E-state index in [1.54, 1.807) is 0 Å². The number of hydrogen-bond donors (Lipinski definition) is 0. The fourth-order valence-electron chi connectivity index (χ4n) is 1.15. The van der Waals surface area contributed by atoms with E-state index in [1.807, 2.05) is 0 Å². The highest BCUT2D eigenvalue weighted by Crippen LogP contribution is 2.06. The van der Waals surface area contributed by atoms with E-state index in [0.717, 1.165) is 32.5 Å². The molecule has 0 aliphatic heterocycles. The molecule has 92 valence electrons. The Bertz CT molecular complexity index is 237. The Kier molecular flexibility index (Phi) is 8.47. The van der Waals surface area contributed by atoms with Crippen molar-refractivity contribution in [3.8, 4) is 0 Å². The van der Waals surface area contributed by atoms with Crippen LogP contribution in [0.25, 0.3) is 0 Å². The summed E-state index contributed by atoms with van der Waals surface area (Å²) in [6, 6.07) is 0. The third-order valence-corrected chi connectivity index (χ3v) is 3.12. The molecule has 0 radical (unpaired) electrons. The summed E-state index contributed by atoms with van der Waals surface area (Å²) < 4.78 is 26.6. The van der Waals surface area contributed by atoms with Gasteiger partial charge in [-0.15, -0.1) is 0 Å². The van der Waals surface area contributed by atoms with Crippen LogP contribution in [0.4, 0.5) is 0 Å². The Labute approximate surface area is 97.6 Å². The van der Waals surface area contributed by atoms with E-state index in [0.29, 0.717) is 12.3 Å². The molecule has 0 fully saturated rings. The minimum absolute atomic E-state index is 0.0847. The minimum Gasteiger partial charge on any atom is -0.381 e. The predicted octanol–water partition coefficient (Wildman–Crippen LogP) is 2.79. The average Bonchev–Trinajstić information content (AvgIpc) is 2.07. The van der Waals surface area contributed by atoms with E-state index in [4.69, 9.17) is 15.4 Å². The van der Waals surface area contributed by atoms with Gasteiger partial charge in [0.2, 0.25) is 9.05 Å². The van der Waals surface area contributed by atoms with Crippen molar-refractivity contribution in [2.45, 2.75) is 39.5 Å². The van der Waals surface area contributed by atoms with Crippen LogP contribution in [0.15, 0.2) is 0 Å². The summed E-state index contributed by atoms with van der Waals surface area (Å²) in [6.07, 6.45) is 3.55. The lowest BCUT2D eigenvalue weighted by Gasteiger charge is -2.06. The Morgan fingerprint density at radius 2 is 1.73 bits per heavy atom. The normalized spacial score (nSPS) is 12.3. The summed E-state index contributed by atoms with van der Waals surface area (Å²) >= 11 is 0. The van der Waals surface area contributed by atoms with Gasteiger partial charge < -0.3 is 4.74 Å². The lowest BCUT2D eigenvalue weighted by atomic mass is 10.2. The van der Waals surface area contributed by atoms with Gasteiger partial charge in [-0.05, 0) is 18.8 Å². The van der Waals surface area contributed by atoms with Crippen molar-refractivity contribution < 1.29 is 13.2 Å². The van der Waals surface area contributed by atoms with Gasteiger partial charge in [0.15, 0.2) is 0 Å². The van der Waals surface area contributed by atoms with E-state index in [-0.39, 0.29) is 5.75 Å². The largest absolute Gasteiger partial charge is 0.381 e. The smallest absolute Gasteiger partial charge is 0.232 e. The van der Waals surface area contributed by atoms with Crippen molar-refractivity contribution in [2.24, 2.45) is 5.92 Å².